The lowest BCUT2D eigenvalue weighted by atomic mass is 9.98. The third-order valence-corrected chi connectivity index (χ3v) is 2.27. The van der Waals surface area contributed by atoms with Gasteiger partial charge in [-0.3, -0.25) is 0 Å². The Morgan fingerprint density at radius 1 is 1.38 bits per heavy atom. The smallest absolute Gasteiger partial charge is 0.419 e. The number of hydrogen-bond acceptors (Lipinski definition) is 1. The predicted octanol–water partition coefficient (Wildman–Crippen LogP) is 3.45. The van der Waals surface area contributed by atoms with Crippen LogP contribution in [0.3, 0.4) is 0 Å². The molecule has 0 aromatic heterocycles. The van der Waals surface area contributed by atoms with E-state index in [0.717, 1.165) is 6.07 Å². The molecule has 1 nitrogen and oxygen atoms in total. The average Bonchev–Trinajstić information content (AvgIpc) is 2.25. The topological polar surface area (TPSA) is 9.23 Å². The van der Waals surface area contributed by atoms with E-state index < -0.39 is 17.7 Å². The second-order valence-electron chi connectivity index (χ2n) is 3.31. The molecule has 1 aromatic rings. The van der Waals surface area contributed by atoms with E-state index in [1.807, 2.05) is 0 Å². The lowest BCUT2D eigenvalue weighted by molar-refractivity contribution is -0.138. The molecule has 4 heteroatoms. The first-order valence-electron chi connectivity index (χ1n) is 4.62. The van der Waals surface area contributed by atoms with Crippen molar-refractivity contribution in [2.45, 2.75) is 19.0 Å². The van der Waals surface area contributed by atoms with Crippen LogP contribution >= 0.6 is 0 Å². The second kappa shape index (κ2) is 4.48. The van der Waals surface area contributed by atoms with Gasteiger partial charge < -0.3 is 4.74 Å². The van der Waals surface area contributed by atoms with Gasteiger partial charge in [-0.2, -0.15) is 13.2 Å². The molecular weight excluding hydrogens is 217 g/mol. The number of halogens is 3. The molecule has 0 bridgehead atoms. The third kappa shape index (κ3) is 2.30. The maximum absolute atomic E-state index is 12.7. The van der Waals surface area contributed by atoms with Gasteiger partial charge in [-0.15, -0.1) is 6.42 Å². The summed E-state index contributed by atoms with van der Waals surface area (Å²) in [6, 6.07) is 3.85. The monoisotopic (exact) mass is 228 g/mol. The molecule has 0 saturated carbocycles. The van der Waals surface area contributed by atoms with Crippen LogP contribution in [0.2, 0.25) is 0 Å². The number of hydrogen-bond donors (Lipinski definition) is 0. The summed E-state index contributed by atoms with van der Waals surface area (Å²) >= 11 is 0. The van der Waals surface area contributed by atoms with Crippen molar-refractivity contribution in [1.82, 2.24) is 0 Å². The van der Waals surface area contributed by atoms with E-state index >= 15 is 0 Å². The molecule has 0 fully saturated rings. The summed E-state index contributed by atoms with van der Waals surface area (Å²) in [4.78, 5) is 0. The Kier molecular flexibility index (Phi) is 3.48. The fraction of sp³-hybridized carbons (Fsp3) is 0.333. The van der Waals surface area contributed by atoms with Crippen molar-refractivity contribution in [2.24, 2.45) is 0 Å². The van der Waals surface area contributed by atoms with Gasteiger partial charge in [0, 0.05) is 11.5 Å². The average molecular weight is 228 g/mol. The van der Waals surface area contributed by atoms with Gasteiger partial charge >= 0.3 is 6.18 Å². The highest BCUT2D eigenvalue weighted by molar-refractivity contribution is 5.46. The quantitative estimate of drug-likeness (QED) is 0.704. The molecule has 0 N–H and O–H groups in total. The molecule has 1 atom stereocenters. The first-order valence-corrected chi connectivity index (χ1v) is 4.62. The summed E-state index contributed by atoms with van der Waals surface area (Å²) in [7, 11) is 1.21. The minimum atomic E-state index is -4.43. The summed E-state index contributed by atoms with van der Waals surface area (Å²) in [5, 5.41) is 0. The van der Waals surface area contributed by atoms with Crippen LogP contribution in [-0.4, -0.2) is 7.11 Å². The third-order valence-electron chi connectivity index (χ3n) is 2.27. The molecular formula is C12H11F3O. The van der Waals surface area contributed by atoms with Gasteiger partial charge in [-0.25, -0.2) is 0 Å². The zero-order valence-electron chi connectivity index (χ0n) is 8.93. The van der Waals surface area contributed by atoms with Crippen molar-refractivity contribution in [1.29, 1.82) is 0 Å². The molecule has 0 aliphatic carbocycles. The minimum absolute atomic E-state index is 0.194. The van der Waals surface area contributed by atoms with Crippen molar-refractivity contribution in [3.8, 4) is 18.1 Å². The summed E-state index contributed by atoms with van der Waals surface area (Å²) in [5.74, 6) is 1.77. The van der Waals surface area contributed by atoms with Crippen LogP contribution in [0.1, 0.15) is 24.0 Å². The maximum atomic E-state index is 12.7. The Labute approximate surface area is 92.2 Å². The number of para-hydroxylation sites is 1. The van der Waals surface area contributed by atoms with Gasteiger partial charge in [0.1, 0.15) is 5.75 Å². The Morgan fingerprint density at radius 2 is 2.00 bits per heavy atom. The van der Waals surface area contributed by atoms with Crippen molar-refractivity contribution >= 4 is 0 Å². The van der Waals surface area contributed by atoms with Crippen LogP contribution in [-0.2, 0) is 6.18 Å². The Balaban J connectivity index is 3.39. The van der Waals surface area contributed by atoms with Gasteiger partial charge in [-0.1, -0.05) is 18.1 Å². The molecule has 86 valence electrons. The van der Waals surface area contributed by atoms with E-state index in [2.05, 4.69) is 5.92 Å². The Hall–Kier alpha value is -1.63. The molecule has 0 aliphatic heterocycles. The fourth-order valence-corrected chi connectivity index (χ4v) is 1.44. The molecule has 0 aliphatic rings. The van der Waals surface area contributed by atoms with Gasteiger partial charge in [0.2, 0.25) is 0 Å². The molecule has 1 aromatic carbocycles. The molecule has 0 radical (unpaired) electrons. The van der Waals surface area contributed by atoms with Gasteiger partial charge in [0.25, 0.3) is 0 Å². The zero-order chi connectivity index (χ0) is 12.3. The molecule has 1 unspecified atom stereocenters. The van der Waals surface area contributed by atoms with Crippen LogP contribution in [0.25, 0.3) is 0 Å². The van der Waals surface area contributed by atoms with E-state index in [-0.39, 0.29) is 5.75 Å². The summed E-state index contributed by atoms with van der Waals surface area (Å²) < 4.78 is 42.8. The highest BCUT2D eigenvalue weighted by atomic mass is 19.4. The SMILES string of the molecule is C#CC(C)c1cccc(C(F)(F)F)c1OC. The van der Waals surface area contributed by atoms with Crippen LogP contribution in [0.15, 0.2) is 18.2 Å². The van der Waals surface area contributed by atoms with Crippen molar-refractivity contribution < 1.29 is 17.9 Å². The Bertz CT molecular complexity index is 415. The number of methoxy groups -OCH3 is 1. The predicted molar refractivity (Wildman–Crippen MR) is 55.2 cm³/mol. The Morgan fingerprint density at radius 3 is 2.44 bits per heavy atom. The van der Waals surface area contributed by atoms with Crippen LogP contribution < -0.4 is 4.74 Å². The number of ether oxygens (including phenoxy) is 1. The van der Waals surface area contributed by atoms with E-state index in [1.165, 1.54) is 13.2 Å². The fourth-order valence-electron chi connectivity index (χ4n) is 1.44. The highest BCUT2D eigenvalue weighted by Crippen LogP contribution is 2.40. The first-order chi connectivity index (χ1) is 7.41. The van der Waals surface area contributed by atoms with E-state index in [4.69, 9.17) is 11.2 Å². The normalized spacial score (nSPS) is 13.0. The molecule has 0 amide bonds. The van der Waals surface area contributed by atoms with Crippen molar-refractivity contribution in [3.05, 3.63) is 29.3 Å². The summed E-state index contributed by atoms with van der Waals surface area (Å²) in [6.45, 7) is 1.65. The largest absolute Gasteiger partial charge is 0.496 e. The molecule has 0 heterocycles. The van der Waals surface area contributed by atoms with Gasteiger partial charge in [0.15, 0.2) is 0 Å². The second-order valence-corrected chi connectivity index (χ2v) is 3.31. The van der Waals surface area contributed by atoms with Crippen LogP contribution in [0.5, 0.6) is 5.75 Å². The zero-order valence-corrected chi connectivity index (χ0v) is 8.93. The summed E-state index contributed by atoms with van der Waals surface area (Å²) in [5.41, 5.74) is -0.422. The number of terminal acetylenes is 1. The van der Waals surface area contributed by atoms with Crippen molar-refractivity contribution in [3.63, 3.8) is 0 Å². The maximum Gasteiger partial charge on any atom is 0.419 e. The van der Waals surface area contributed by atoms with E-state index in [1.54, 1.807) is 13.0 Å². The van der Waals surface area contributed by atoms with Gasteiger partial charge in [0.05, 0.1) is 12.7 Å². The molecule has 0 spiro atoms. The molecule has 1 rings (SSSR count). The molecule has 0 saturated heterocycles. The number of alkyl halides is 3. The summed E-state index contributed by atoms with van der Waals surface area (Å²) in [6.07, 6.45) is 0.765. The standard InChI is InChI=1S/C12H11F3O/c1-4-8(2)9-6-5-7-10(11(9)16-3)12(13,14)15/h1,5-8H,2-3H3. The van der Waals surface area contributed by atoms with Crippen LogP contribution in [0, 0.1) is 12.3 Å². The van der Waals surface area contributed by atoms with Gasteiger partial charge in [-0.05, 0) is 13.0 Å². The van der Waals surface area contributed by atoms with Crippen molar-refractivity contribution in [2.75, 3.05) is 7.11 Å². The van der Waals surface area contributed by atoms with Crippen LogP contribution in [0.4, 0.5) is 13.2 Å². The lowest BCUT2D eigenvalue weighted by Crippen LogP contribution is -2.09. The number of benzene rings is 1. The highest BCUT2D eigenvalue weighted by Gasteiger charge is 2.35. The van der Waals surface area contributed by atoms with E-state index in [0.29, 0.717) is 5.56 Å². The first kappa shape index (κ1) is 12.4. The molecule has 16 heavy (non-hydrogen) atoms. The minimum Gasteiger partial charge on any atom is -0.496 e. The van der Waals surface area contributed by atoms with E-state index in [9.17, 15) is 13.2 Å². The lowest BCUT2D eigenvalue weighted by Gasteiger charge is -2.16. The number of rotatable bonds is 2.